The van der Waals surface area contributed by atoms with Crippen LogP contribution in [-0.2, 0) is 4.74 Å². The highest BCUT2D eigenvalue weighted by atomic mass is 19.1. The summed E-state index contributed by atoms with van der Waals surface area (Å²) in [5.74, 6) is -1.38. The molecule has 1 heterocycles. The van der Waals surface area contributed by atoms with Crippen molar-refractivity contribution in [2.45, 2.75) is 20.0 Å². The lowest BCUT2D eigenvalue weighted by molar-refractivity contribution is 0.0400. The predicted octanol–water partition coefficient (Wildman–Crippen LogP) is 2.95. The number of nitrogens with zero attached hydrogens (tertiary/aromatic N) is 1. The van der Waals surface area contributed by atoms with E-state index in [0.717, 1.165) is 0 Å². The third kappa shape index (κ3) is 1.93. The zero-order valence-electron chi connectivity index (χ0n) is 9.86. The molecule has 0 N–H and O–H groups in total. The summed E-state index contributed by atoms with van der Waals surface area (Å²) < 4.78 is 23.5. The van der Waals surface area contributed by atoms with Crippen LogP contribution >= 0.6 is 0 Å². The summed E-state index contributed by atoms with van der Waals surface area (Å²) in [5.41, 5.74) is 0.520. The van der Waals surface area contributed by atoms with Crippen LogP contribution in [0.15, 0.2) is 22.6 Å². The molecule has 0 fully saturated rings. The number of carbonyl (C=O) groups is 1. The first-order valence-electron chi connectivity index (χ1n) is 5.32. The molecular weight excluding hydrogens is 237 g/mol. The summed E-state index contributed by atoms with van der Waals surface area (Å²) in [6.45, 7) is 3.08. The number of hydrogen-bond acceptors (Lipinski definition) is 4. The molecule has 0 spiro atoms. The number of ether oxygens (including phenoxy) is 1. The molecule has 0 unspecified atom stereocenters. The Morgan fingerprint density at radius 3 is 2.89 bits per heavy atom. The molecule has 4 nitrogen and oxygen atoms in total. The highest BCUT2D eigenvalue weighted by Gasteiger charge is 2.22. The molecule has 5 heteroatoms. The van der Waals surface area contributed by atoms with Gasteiger partial charge in [-0.25, -0.2) is 9.18 Å². The molecule has 0 amide bonds. The Morgan fingerprint density at radius 1 is 1.56 bits per heavy atom. The van der Waals surface area contributed by atoms with E-state index in [-0.39, 0.29) is 11.3 Å². The van der Waals surface area contributed by atoms with Crippen molar-refractivity contribution in [2.24, 2.45) is 0 Å². The largest absolute Gasteiger partial charge is 0.446 e. The number of benzene rings is 1. The van der Waals surface area contributed by atoms with E-state index in [1.807, 2.05) is 0 Å². The Morgan fingerprint density at radius 2 is 2.28 bits per heavy atom. The van der Waals surface area contributed by atoms with Gasteiger partial charge in [0.25, 0.3) is 0 Å². The third-order valence-corrected chi connectivity index (χ3v) is 2.57. The van der Waals surface area contributed by atoms with E-state index in [1.165, 1.54) is 19.1 Å². The van der Waals surface area contributed by atoms with Crippen molar-refractivity contribution in [2.75, 3.05) is 0 Å². The molecule has 1 aromatic heterocycles. The van der Waals surface area contributed by atoms with Crippen LogP contribution in [0.25, 0.3) is 11.0 Å². The van der Waals surface area contributed by atoms with Crippen molar-refractivity contribution in [1.29, 1.82) is 5.26 Å². The lowest BCUT2D eigenvalue weighted by Crippen LogP contribution is -2.13. The topological polar surface area (TPSA) is 63.2 Å². The Kier molecular flexibility index (Phi) is 3.02. The van der Waals surface area contributed by atoms with Crippen molar-refractivity contribution >= 4 is 16.9 Å². The average molecular weight is 247 g/mol. The summed E-state index contributed by atoms with van der Waals surface area (Å²) in [6.07, 6.45) is -0.880. The van der Waals surface area contributed by atoms with E-state index in [4.69, 9.17) is 14.4 Å². The second-order valence-corrected chi connectivity index (χ2v) is 3.85. The van der Waals surface area contributed by atoms with E-state index in [0.29, 0.717) is 10.9 Å². The lowest BCUT2D eigenvalue weighted by Gasteiger charge is -2.03. The number of nitriles is 1. The maximum absolute atomic E-state index is 13.5. The van der Waals surface area contributed by atoms with Gasteiger partial charge < -0.3 is 9.15 Å². The predicted molar refractivity (Wildman–Crippen MR) is 61.4 cm³/mol. The van der Waals surface area contributed by atoms with E-state index >= 15 is 0 Å². The second-order valence-electron chi connectivity index (χ2n) is 3.85. The number of hydrogen-bond donors (Lipinski definition) is 0. The second kappa shape index (κ2) is 4.49. The molecule has 0 aliphatic carbocycles. The molecule has 0 saturated carbocycles. The summed E-state index contributed by atoms with van der Waals surface area (Å²) in [5, 5.41) is 9.09. The summed E-state index contributed by atoms with van der Waals surface area (Å²) in [4.78, 5) is 11.7. The molecule has 1 atom stereocenters. The fourth-order valence-electron chi connectivity index (χ4n) is 1.64. The van der Waals surface area contributed by atoms with Crippen LogP contribution in [-0.4, -0.2) is 12.1 Å². The Balaban J connectivity index is 2.47. The maximum Gasteiger partial charge on any atom is 0.375 e. The quantitative estimate of drug-likeness (QED) is 0.765. The van der Waals surface area contributed by atoms with Crippen LogP contribution in [0.1, 0.15) is 23.0 Å². The number of fused-ring (bicyclic) bond motifs is 1. The molecule has 2 rings (SSSR count). The average Bonchev–Trinajstić information content (AvgIpc) is 2.69. The van der Waals surface area contributed by atoms with Gasteiger partial charge in [-0.3, -0.25) is 0 Å². The van der Waals surface area contributed by atoms with Crippen LogP contribution in [0.3, 0.4) is 0 Å². The number of para-hydroxylation sites is 1. The minimum atomic E-state index is -0.880. The van der Waals surface area contributed by atoms with Gasteiger partial charge in [-0.05, 0) is 19.9 Å². The van der Waals surface area contributed by atoms with E-state index in [1.54, 1.807) is 19.1 Å². The number of furan rings is 1. The van der Waals surface area contributed by atoms with Gasteiger partial charge in [-0.2, -0.15) is 5.26 Å². The van der Waals surface area contributed by atoms with Gasteiger partial charge in [0.2, 0.25) is 5.76 Å². The SMILES string of the molecule is Cc1c(C(=O)O[C@H](C)C#N)oc2c(F)cccc12. The fourth-order valence-corrected chi connectivity index (χ4v) is 1.64. The first kappa shape index (κ1) is 12.1. The number of rotatable bonds is 2. The minimum absolute atomic E-state index is 0.0200. The van der Waals surface area contributed by atoms with Crippen molar-refractivity contribution in [1.82, 2.24) is 0 Å². The van der Waals surface area contributed by atoms with Gasteiger partial charge in [0.05, 0.1) is 0 Å². The zero-order valence-corrected chi connectivity index (χ0v) is 9.86. The van der Waals surface area contributed by atoms with Gasteiger partial charge >= 0.3 is 5.97 Å². The molecule has 0 bridgehead atoms. The van der Waals surface area contributed by atoms with Crippen LogP contribution in [0.4, 0.5) is 4.39 Å². The number of carbonyl (C=O) groups excluding carboxylic acids is 1. The number of aryl methyl sites for hydroxylation is 1. The van der Waals surface area contributed by atoms with Crippen LogP contribution < -0.4 is 0 Å². The molecule has 2 aromatic rings. The summed E-state index contributed by atoms with van der Waals surface area (Å²) in [7, 11) is 0. The summed E-state index contributed by atoms with van der Waals surface area (Å²) in [6, 6.07) is 6.21. The van der Waals surface area contributed by atoms with Crippen molar-refractivity contribution in [3.63, 3.8) is 0 Å². The van der Waals surface area contributed by atoms with E-state index < -0.39 is 17.9 Å². The van der Waals surface area contributed by atoms with Gasteiger partial charge in [0.1, 0.15) is 6.07 Å². The molecule has 0 radical (unpaired) electrons. The van der Waals surface area contributed by atoms with Crippen LogP contribution in [0.2, 0.25) is 0 Å². The number of halogens is 1. The molecule has 0 aliphatic heterocycles. The Labute approximate surface area is 103 Å². The molecular formula is C13H10FNO3. The highest BCUT2D eigenvalue weighted by Crippen LogP contribution is 2.27. The molecule has 1 aromatic carbocycles. The normalized spacial score (nSPS) is 12.1. The Bertz CT molecular complexity index is 654. The van der Waals surface area contributed by atoms with Crippen molar-refractivity contribution < 1.29 is 18.3 Å². The van der Waals surface area contributed by atoms with Crippen molar-refractivity contribution in [3.05, 3.63) is 35.3 Å². The van der Waals surface area contributed by atoms with E-state index in [9.17, 15) is 9.18 Å². The van der Waals surface area contributed by atoms with Gasteiger partial charge in [-0.1, -0.05) is 12.1 Å². The van der Waals surface area contributed by atoms with Crippen LogP contribution in [0, 0.1) is 24.1 Å². The van der Waals surface area contributed by atoms with Gasteiger partial charge in [-0.15, -0.1) is 0 Å². The molecule has 0 aliphatic rings. The van der Waals surface area contributed by atoms with Crippen molar-refractivity contribution in [3.8, 4) is 6.07 Å². The molecule has 0 saturated heterocycles. The van der Waals surface area contributed by atoms with Crippen LogP contribution in [0.5, 0.6) is 0 Å². The third-order valence-electron chi connectivity index (χ3n) is 2.57. The standard InChI is InChI=1S/C13H10FNO3/c1-7(6-15)17-13(16)11-8(2)9-4-3-5-10(14)12(9)18-11/h3-5,7H,1-2H3/t7-/m1/s1. The minimum Gasteiger partial charge on any atom is -0.446 e. The fraction of sp³-hybridized carbons (Fsp3) is 0.231. The first-order chi connectivity index (χ1) is 8.54. The maximum atomic E-state index is 13.5. The number of esters is 1. The smallest absolute Gasteiger partial charge is 0.375 e. The van der Waals surface area contributed by atoms with Gasteiger partial charge in [0.15, 0.2) is 17.5 Å². The highest BCUT2D eigenvalue weighted by molar-refractivity contribution is 5.96. The molecule has 92 valence electrons. The van der Waals surface area contributed by atoms with E-state index in [2.05, 4.69) is 0 Å². The lowest BCUT2D eigenvalue weighted by atomic mass is 10.1. The monoisotopic (exact) mass is 247 g/mol. The zero-order chi connectivity index (χ0) is 13.3. The molecule has 18 heavy (non-hydrogen) atoms. The first-order valence-corrected chi connectivity index (χ1v) is 5.32. The van der Waals surface area contributed by atoms with Gasteiger partial charge in [0, 0.05) is 10.9 Å². The summed E-state index contributed by atoms with van der Waals surface area (Å²) >= 11 is 0. The Hall–Kier alpha value is -2.35.